The number of rotatable bonds is 8. The number of morpholine rings is 1. The summed E-state index contributed by atoms with van der Waals surface area (Å²) in [7, 11) is -3.66. The topological polar surface area (TPSA) is 102 Å². The van der Waals surface area contributed by atoms with Gasteiger partial charge in [-0.25, -0.2) is 8.42 Å². The molecule has 7 nitrogen and oxygen atoms in total. The highest BCUT2D eigenvalue weighted by molar-refractivity contribution is 7.89. The molecule has 0 atom stereocenters. The zero-order valence-electron chi connectivity index (χ0n) is 16.5. The third-order valence-electron chi connectivity index (χ3n) is 5.31. The number of aryl methyl sites for hydroxylation is 1. The lowest BCUT2D eigenvalue weighted by atomic mass is 9.94. The molecule has 1 aromatic carbocycles. The predicted octanol–water partition coefficient (Wildman–Crippen LogP) is 1.52. The molecular weight excluding hydrogens is 366 g/mol. The number of hydrogen-bond acceptors (Lipinski definition) is 5. The van der Waals surface area contributed by atoms with Crippen molar-refractivity contribution in [3.05, 3.63) is 29.3 Å². The minimum Gasteiger partial charge on any atom is -0.379 e. The van der Waals surface area contributed by atoms with E-state index in [4.69, 9.17) is 10.5 Å². The van der Waals surface area contributed by atoms with Crippen LogP contribution in [0.1, 0.15) is 49.5 Å². The van der Waals surface area contributed by atoms with Gasteiger partial charge in [0.1, 0.15) is 0 Å². The lowest BCUT2D eigenvalue weighted by Gasteiger charge is -2.28. The van der Waals surface area contributed by atoms with Crippen molar-refractivity contribution in [2.24, 2.45) is 5.73 Å². The normalized spacial score (nSPS) is 16.3. The molecule has 2 rings (SSSR count). The Bertz CT molecular complexity index is 754. The lowest BCUT2D eigenvalue weighted by Crippen LogP contribution is -2.49. The Morgan fingerprint density at radius 3 is 2.41 bits per heavy atom. The van der Waals surface area contributed by atoms with Crippen LogP contribution in [0.3, 0.4) is 0 Å². The third kappa shape index (κ3) is 5.07. The molecular formula is C19H31N3O4S. The van der Waals surface area contributed by atoms with Gasteiger partial charge in [-0.3, -0.25) is 4.79 Å². The first kappa shape index (κ1) is 21.8. The molecule has 1 amide bonds. The van der Waals surface area contributed by atoms with Crippen molar-refractivity contribution in [3.63, 3.8) is 0 Å². The molecule has 0 aromatic heterocycles. The van der Waals surface area contributed by atoms with Gasteiger partial charge >= 0.3 is 0 Å². The van der Waals surface area contributed by atoms with Crippen LogP contribution in [0.5, 0.6) is 0 Å². The van der Waals surface area contributed by atoms with Crippen LogP contribution < -0.4 is 11.1 Å². The molecule has 0 unspecified atom stereocenters. The Kier molecular flexibility index (Phi) is 7.39. The van der Waals surface area contributed by atoms with Crippen molar-refractivity contribution >= 4 is 15.9 Å². The molecule has 1 heterocycles. The molecule has 152 valence electrons. The summed E-state index contributed by atoms with van der Waals surface area (Å²) in [6, 6.07) is 4.87. The van der Waals surface area contributed by atoms with Crippen LogP contribution in [0.4, 0.5) is 0 Å². The standard InChI is InChI=1S/C19H31N3O4S/c1-4-15-7-8-16(18(23)21-14-19(20,5-2)6-3)13-17(15)27(24,25)22-9-11-26-12-10-22/h7-8,13H,4-6,9-12,14,20H2,1-3H3,(H,21,23). The number of nitrogens with zero attached hydrogens (tertiary/aromatic N) is 1. The van der Waals surface area contributed by atoms with Gasteiger partial charge in [-0.05, 0) is 37.0 Å². The number of hydrogen-bond donors (Lipinski definition) is 2. The average molecular weight is 398 g/mol. The molecule has 0 aliphatic carbocycles. The van der Waals surface area contributed by atoms with Crippen LogP contribution in [0.15, 0.2) is 23.1 Å². The second-order valence-electron chi connectivity index (χ2n) is 6.94. The van der Waals surface area contributed by atoms with E-state index in [1.165, 1.54) is 10.4 Å². The Morgan fingerprint density at radius 2 is 1.85 bits per heavy atom. The van der Waals surface area contributed by atoms with Crippen molar-refractivity contribution in [1.82, 2.24) is 9.62 Å². The summed E-state index contributed by atoms with van der Waals surface area (Å²) in [6.07, 6.45) is 2.06. The first-order valence-corrected chi connectivity index (χ1v) is 11.0. The number of amides is 1. The number of nitrogens with one attached hydrogen (secondary N) is 1. The minimum absolute atomic E-state index is 0.199. The van der Waals surface area contributed by atoms with Gasteiger partial charge in [0.15, 0.2) is 0 Å². The van der Waals surface area contributed by atoms with Crippen LogP contribution in [0, 0.1) is 0 Å². The number of carbonyl (C=O) groups is 1. The molecule has 1 fully saturated rings. The van der Waals surface area contributed by atoms with Crippen LogP contribution >= 0.6 is 0 Å². The quantitative estimate of drug-likeness (QED) is 0.692. The molecule has 1 aliphatic rings. The highest BCUT2D eigenvalue weighted by Gasteiger charge is 2.29. The fourth-order valence-corrected chi connectivity index (χ4v) is 4.74. The van der Waals surface area contributed by atoms with Gasteiger partial charge in [0.25, 0.3) is 5.91 Å². The SMILES string of the molecule is CCc1ccc(C(=O)NCC(N)(CC)CC)cc1S(=O)(=O)N1CCOCC1. The molecule has 8 heteroatoms. The van der Waals surface area contributed by atoms with Crippen LogP contribution in [-0.4, -0.2) is 57.0 Å². The van der Waals surface area contributed by atoms with Crippen molar-refractivity contribution < 1.29 is 17.9 Å². The first-order chi connectivity index (χ1) is 12.8. The monoisotopic (exact) mass is 397 g/mol. The zero-order chi connectivity index (χ0) is 20.1. The van der Waals surface area contributed by atoms with Crippen molar-refractivity contribution in [2.45, 2.75) is 50.5 Å². The lowest BCUT2D eigenvalue weighted by molar-refractivity contribution is 0.0730. The van der Waals surface area contributed by atoms with E-state index in [1.807, 2.05) is 20.8 Å². The largest absolute Gasteiger partial charge is 0.379 e. The van der Waals surface area contributed by atoms with E-state index in [0.29, 0.717) is 50.4 Å². The van der Waals surface area contributed by atoms with Gasteiger partial charge in [0, 0.05) is 30.7 Å². The molecule has 0 saturated carbocycles. The Labute approximate surface area is 162 Å². The van der Waals surface area contributed by atoms with Gasteiger partial charge < -0.3 is 15.8 Å². The Balaban J connectivity index is 2.27. The van der Waals surface area contributed by atoms with E-state index in [0.717, 1.165) is 12.8 Å². The van der Waals surface area contributed by atoms with Crippen molar-refractivity contribution in [1.29, 1.82) is 0 Å². The second-order valence-corrected chi connectivity index (χ2v) is 8.85. The van der Waals surface area contributed by atoms with E-state index in [9.17, 15) is 13.2 Å². The van der Waals surface area contributed by atoms with Gasteiger partial charge in [0.2, 0.25) is 10.0 Å². The van der Waals surface area contributed by atoms with Gasteiger partial charge in [-0.15, -0.1) is 0 Å². The van der Waals surface area contributed by atoms with Gasteiger partial charge in [0.05, 0.1) is 18.1 Å². The predicted molar refractivity (Wildman–Crippen MR) is 105 cm³/mol. The molecule has 0 bridgehead atoms. The van der Waals surface area contributed by atoms with Crippen LogP contribution in [0.25, 0.3) is 0 Å². The summed E-state index contributed by atoms with van der Waals surface area (Å²) in [5.74, 6) is -0.312. The number of carbonyl (C=O) groups excluding carboxylic acids is 1. The first-order valence-electron chi connectivity index (χ1n) is 9.55. The minimum atomic E-state index is -3.66. The van der Waals surface area contributed by atoms with E-state index in [2.05, 4.69) is 5.32 Å². The Morgan fingerprint density at radius 1 is 1.22 bits per heavy atom. The number of nitrogens with two attached hydrogens (primary N) is 1. The maximum absolute atomic E-state index is 13.1. The summed E-state index contributed by atoms with van der Waals surface area (Å²) < 4.78 is 32.8. The van der Waals surface area contributed by atoms with Gasteiger partial charge in [-0.1, -0.05) is 26.8 Å². The van der Waals surface area contributed by atoms with E-state index < -0.39 is 15.6 Å². The molecule has 27 heavy (non-hydrogen) atoms. The maximum Gasteiger partial charge on any atom is 0.251 e. The van der Waals surface area contributed by atoms with Crippen molar-refractivity contribution in [2.75, 3.05) is 32.8 Å². The summed E-state index contributed by atoms with van der Waals surface area (Å²) in [4.78, 5) is 12.8. The Hall–Kier alpha value is -1.48. The zero-order valence-corrected chi connectivity index (χ0v) is 17.3. The van der Waals surface area contributed by atoms with E-state index in [-0.39, 0.29) is 10.8 Å². The number of benzene rings is 1. The molecule has 1 saturated heterocycles. The third-order valence-corrected chi connectivity index (χ3v) is 7.29. The number of ether oxygens (including phenoxy) is 1. The summed E-state index contributed by atoms with van der Waals surface area (Å²) in [6.45, 7) is 7.63. The molecule has 0 spiro atoms. The molecule has 3 N–H and O–H groups in total. The van der Waals surface area contributed by atoms with Gasteiger partial charge in [-0.2, -0.15) is 4.31 Å². The smallest absolute Gasteiger partial charge is 0.251 e. The molecule has 0 radical (unpaired) electrons. The second kappa shape index (κ2) is 9.14. The highest BCUT2D eigenvalue weighted by Crippen LogP contribution is 2.23. The maximum atomic E-state index is 13.1. The van der Waals surface area contributed by atoms with Crippen LogP contribution in [0.2, 0.25) is 0 Å². The fourth-order valence-electron chi connectivity index (χ4n) is 3.01. The summed E-state index contributed by atoms with van der Waals surface area (Å²) >= 11 is 0. The fraction of sp³-hybridized carbons (Fsp3) is 0.632. The average Bonchev–Trinajstić information content (AvgIpc) is 2.71. The molecule has 1 aliphatic heterocycles. The highest BCUT2D eigenvalue weighted by atomic mass is 32.2. The number of sulfonamides is 1. The van der Waals surface area contributed by atoms with E-state index >= 15 is 0 Å². The van der Waals surface area contributed by atoms with Crippen LogP contribution in [-0.2, 0) is 21.2 Å². The summed E-state index contributed by atoms with van der Waals surface area (Å²) in [5.41, 5.74) is 6.81. The van der Waals surface area contributed by atoms with Crippen molar-refractivity contribution in [3.8, 4) is 0 Å². The summed E-state index contributed by atoms with van der Waals surface area (Å²) in [5, 5.41) is 2.84. The van der Waals surface area contributed by atoms with E-state index in [1.54, 1.807) is 12.1 Å². The molecule has 1 aromatic rings.